The summed E-state index contributed by atoms with van der Waals surface area (Å²) in [4.78, 5) is 34.4. The maximum Gasteiger partial charge on any atom is 0.430 e. The molecule has 3 N–H and O–H groups in total. The highest BCUT2D eigenvalue weighted by molar-refractivity contribution is 6.04. The minimum absolute atomic E-state index is 0.168. The van der Waals surface area contributed by atoms with Gasteiger partial charge in [0.05, 0.1) is 26.2 Å². The number of carbonyl (C=O) groups is 3. The number of ether oxygens (including phenoxy) is 1. The molecule has 1 heterocycles. The van der Waals surface area contributed by atoms with Gasteiger partial charge in [0.15, 0.2) is 0 Å². The molecule has 3 rings (SSSR count). The maximum atomic E-state index is 12.3. The van der Waals surface area contributed by atoms with E-state index in [4.69, 9.17) is 14.6 Å². The first-order valence-corrected chi connectivity index (χ1v) is 9.61. The second-order valence-electron chi connectivity index (χ2n) is 6.76. The van der Waals surface area contributed by atoms with Gasteiger partial charge in [-0.05, 0) is 48.5 Å². The van der Waals surface area contributed by atoms with Crippen molar-refractivity contribution >= 4 is 29.2 Å². The third-order valence-corrected chi connectivity index (χ3v) is 4.31. The predicted octanol–water partition coefficient (Wildman–Crippen LogP) is 0.546. The Labute approximate surface area is 182 Å². The summed E-state index contributed by atoms with van der Waals surface area (Å²) in [5.74, 6) is -3.09. The number of hydrogen-bond donors (Lipinski definition) is 2. The van der Waals surface area contributed by atoms with E-state index in [-0.39, 0.29) is 11.9 Å². The number of nitrogens with zero attached hydrogens (tertiary/aromatic N) is 1. The zero-order chi connectivity index (χ0) is 23.7. The van der Waals surface area contributed by atoms with Gasteiger partial charge in [0.2, 0.25) is 0 Å². The van der Waals surface area contributed by atoms with Gasteiger partial charge in [-0.2, -0.15) is 13.2 Å². The number of amides is 1. The average molecular weight is 453 g/mol. The number of rotatable bonds is 4. The minimum Gasteiger partial charge on any atom is -0.542 e. The number of alkyl halides is 3. The van der Waals surface area contributed by atoms with Crippen LogP contribution in [0.4, 0.5) is 24.5 Å². The summed E-state index contributed by atoms with van der Waals surface area (Å²) < 4.78 is 36.5. The molecule has 32 heavy (non-hydrogen) atoms. The highest BCUT2D eigenvalue weighted by atomic mass is 19.4. The van der Waals surface area contributed by atoms with Crippen molar-refractivity contribution in [1.29, 1.82) is 0 Å². The first-order valence-electron chi connectivity index (χ1n) is 9.61. The van der Waals surface area contributed by atoms with Crippen LogP contribution in [0.2, 0.25) is 0 Å². The summed E-state index contributed by atoms with van der Waals surface area (Å²) >= 11 is 0. The Morgan fingerprint density at radius 1 is 1.00 bits per heavy atom. The van der Waals surface area contributed by atoms with Gasteiger partial charge in [0.1, 0.15) is 11.7 Å². The fourth-order valence-corrected chi connectivity index (χ4v) is 2.81. The number of anilines is 2. The van der Waals surface area contributed by atoms with Crippen LogP contribution in [0.3, 0.4) is 0 Å². The largest absolute Gasteiger partial charge is 0.542 e. The van der Waals surface area contributed by atoms with Crippen molar-refractivity contribution in [2.45, 2.75) is 13.1 Å². The number of piperazine rings is 1. The van der Waals surface area contributed by atoms with E-state index in [0.717, 1.165) is 31.9 Å². The number of nitrogens with two attached hydrogens (primary N) is 1. The highest BCUT2D eigenvalue weighted by Gasteiger charge is 2.28. The summed E-state index contributed by atoms with van der Waals surface area (Å²) in [6.45, 7) is 5.61. The van der Waals surface area contributed by atoms with E-state index in [2.05, 4.69) is 15.5 Å². The summed E-state index contributed by atoms with van der Waals surface area (Å²) in [5, 5.41) is 13.9. The first-order chi connectivity index (χ1) is 15.1. The smallest absolute Gasteiger partial charge is 0.430 e. The molecule has 11 heteroatoms. The van der Waals surface area contributed by atoms with Gasteiger partial charge < -0.3 is 30.2 Å². The van der Waals surface area contributed by atoms with Gasteiger partial charge in [0, 0.05) is 23.9 Å². The predicted molar refractivity (Wildman–Crippen MR) is 107 cm³/mol. The SMILES string of the molecule is CC(=O)Oc1ccc(NC(=O)c2ccc(N3CC[NH2+]CC3)cc2)cc1.O=C([O-])C(F)(F)F. The maximum absolute atomic E-state index is 12.3. The normalized spacial score (nSPS) is 13.4. The summed E-state index contributed by atoms with van der Waals surface area (Å²) in [7, 11) is 0. The second kappa shape index (κ2) is 11.1. The second-order valence-corrected chi connectivity index (χ2v) is 6.76. The van der Waals surface area contributed by atoms with Crippen LogP contribution in [0.5, 0.6) is 5.75 Å². The number of quaternary nitrogens is 1. The molecular formula is C21H22F3N3O5. The number of aliphatic carboxylic acids is 1. The van der Waals surface area contributed by atoms with Crippen molar-refractivity contribution in [3.63, 3.8) is 0 Å². The topological polar surface area (TPSA) is 115 Å². The third-order valence-electron chi connectivity index (χ3n) is 4.31. The Morgan fingerprint density at radius 3 is 2.00 bits per heavy atom. The highest BCUT2D eigenvalue weighted by Crippen LogP contribution is 2.19. The number of benzene rings is 2. The lowest BCUT2D eigenvalue weighted by Gasteiger charge is -2.27. The fourth-order valence-electron chi connectivity index (χ4n) is 2.81. The molecule has 172 valence electrons. The minimum atomic E-state index is -5.19. The molecule has 0 aromatic heterocycles. The van der Waals surface area contributed by atoms with Gasteiger partial charge in [-0.25, -0.2) is 0 Å². The van der Waals surface area contributed by atoms with E-state index in [0.29, 0.717) is 17.0 Å². The zero-order valence-electron chi connectivity index (χ0n) is 17.1. The van der Waals surface area contributed by atoms with Crippen molar-refractivity contribution in [2.75, 3.05) is 36.4 Å². The Kier molecular flexibility index (Phi) is 8.59. The first kappa shape index (κ1) is 24.7. The Morgan fingerprint density at radius 2 is 1.53 bits per heavy atom. The molecule has 1 amide bonds. The lowest BCUT2D eigenvalue weighted by Crippen LogP contribution is -2.89. The molecule has 0 saturated carbocycles. The van der Waals surface area contributed by atoms with Crippen LogP contribution >= 0.6 is 0 Å². The van der Waals surface area contributed by atoms with Gasteiger partial charge in [0.25, 0.3) is 5.91 Å². The molecule has 2 aromatic rings. The van der Waals surface area contributed by atoms with E-state index < -0.39 is 12.1 Å². The lowest BCUT2D eigenvalue weighted by molar-refractivity contribution is -0.655. The number of esters is 1. The number of hydrogen-bond acceptors (Lipinski definition) is 6. The molecule has 0 aliphatic carbocycles. The molecule has 0 unspecified atom stereocenters. The van der Waals surface area contributed by atoms with Gasteiger partial charge >= 0.3 is 12.1 Å². The molecular weight excluding hydrogens is 431 g/mol. The van der Waals surface area contributed by atoms with Crippen LogP contribution in [0.25, 0.3) is 0 Å². The van der Waals surface area contributed by atoms with Crippen LogP contribution < -0.4 is 25.4 Å². The van der Waals surface area contributed by atoms with Crippen LogP contribution in [0.1, 0.15) is 17.3 Å². The Balaban J connectivity index is 0.000000451. The number of halogens is 3. The molecule has 1 saturated heterocycles. The van der Waals surface area contributed by atoms with E-state index in [1.165, 1.54) is 6.92 Å². The van der Waals surface area contributed by atoms with Crippen molar-refractivity contribution in [3.05, 3.63) is 54.1 Å². The van der Waals surface area contributed by atoms with E-state index >= 15 is 0 Å². The van der Waals surface area contributed by atoms with Gasteiger partial charge in [-0.3, -0.25) is 9.59 Å². The van der Waals surface area contributed by atoms with E-state index in [1.807, 2.05) is 24.3 Å². The standard InChI is InChI=1S/C19H21N3O3.C2HF3O2/c1-14(23)25-18-8-4-16(5-9-18)21-19(24)15-2-6-17(7-3-15)22-12-10-20-11-13-22;3-2(4,5)1(6)7/h2-9,20H,10-13H2,1H3,(H,21,24);(H,6,7). The monoisotopic (exact) mass is 453 g/mol. The molecule has 0 bridgehead atoms. The van der Waals surface area contributed by atoms with Crippen molar-refractivity contribution < 1.29 is 42.7 Å². The summed E-state index contributed by atoms with van der Waals surface area (Å²) in [6, 6.07) is 14.4. The van der Waals surface area contributed by atoms with E-state index in [9.17, 15) is 22.8 Å². The molecule has 0 radical (unpaired) electrons. The van der Waals surface area contributed by atoms with Crippen LogP contribution in [-0.2, 0) is 9.59 Å². The molecule has 2 aromatic carbocycles. The molecule has 0 atom stereocenters. The van der Waals surface area contributed by atoms with E-state index in [1.54, 1.807) is 24.3 Å². The van der Waals surface area contributed by atoms with Crippen LogP contribution in [0.15, 0.2) is 48.5 Å². The van der Waals surface area contributed by atoms with Gasteiger partial charge in [-0.1, -0.05) is 0 Å². The van der Waals surface area contributed by atoms with Crippen LogP contribution in [-0.4, -0.2) is 50.2 Å². The fraction of sp³-hybridized carbons (Fsp3) is 0.286. The molecule has 1 fully saturated rings. The van der Waals surface area contributed by atoms with Gasteiger partial charge in [-0.15, -0.1) is 0 Å². The number of carbonyl (C=O) groups excluding carboxylic acids is 3. The van der Waals surface area contributed by atoms with Crippen LogP contribution in [0, 0.1) is 0 Å². The molecule has 1 aliphatic rings. The average Bonchev–Trinajstić information content (AvgIpc) is 2.75. The summed E-state index contributed by atoms with van der Waals surface area (Å²) in [6.07, 6.45) is -5.19. The molecule has 0 spiro atoms. The third kappa shape index (κ3) is 7.91. The Hall–Kier alpha value is -3.60. The van der Waals surface area contributed by atoms with Crippen molar-refractivity contribution in [3.8, 4) is 5.75 Å². The van der Waals surface area contributed by atoms with Crippen molar-refractivity contribution in [1.82, 2.24) is 0 Å². The Bertz CT molecular complexity index is 925. The lowest BCUT2D eigenvalue weighted by atomic mass is 10.1. The molecule has 8 nitrogen and oxygen atoms in total. The quantitative estimate of drug-likeness (QED) is 0.516. The summed E-state index contributed by atoms with van der Waals surface area (Å²) in [5.41, 5.74) is 2.41. The zero-order valence-corrected chi connectivity index (χ0v) is 17.1. The number of carboxylic acid groups (broad SMARTS) is 1. The van der Waals surface area contributed by atoms with Crippen molar-refractivity contribution in [2.24, 2.45) is 0 Å². The molecule has 1 aliphatic heterocycles. The number of nitrogens with one attached hydrogen (secondary N) is 1. The number of carboxylic acids is 1.